The number of nitrogens with one attached hydrogen (secondary N) is 1. The number of hydrogen-bond acceptors (Lipinski definition) is 3. The maximum atomic E-state index is 11.2. The van der Waals surface area contributed by atoms with E-state index < -0.39 is 0 Å². The van der Waals surface area contributed by atoms with Crippen molar-refractivity contribution >= 4 is 6.09 Å². The summed E-state index contributed by atoms with van der Waals surface area (Å²) < 4.78 is 10.0. The number of hydrogen-bond donors (Lipinski definition) is 1. The largest absolute Gasteiger partial charge is 0.496 e. The predicted octanol–water partition coefficient (Wildman–Crippen LogP) is 2.56. The minimum atomic E-state index is -0.389. The lowest BCUT2D eigenvalue weighted by atomic mass is 10.0. The zero-order chi connectivity index (χ0) is 12.8. The quantitative estimate of drug-likeness (QED) is 0.875. The molecule has 0 unspecified atom stereocenters. The number of amides is 1. The van der Waals surface area contributed by atoms with Gasteiger partial charge in [-0.1, -0.05) is 6.07 Å². The number of ether oxygens (including phenoxy) is 2. The molecule has 1 N–H and O–H groups in total. The van der Waals surface area contributed by atoms with Gasteiger partial charge in [0.1, 0.15) is 5.75 Å². The van der Waals surface area contributed by atoms with Crippen LogP contribution in [0.15, 0.2) is 12.1 Å². The van der Waals surface area contributed by atoms with E-state index in [0.29, 0.717) is 13.2 Å². The maximum absolute atomic E-state index is 11.2. The SMILES string of the molecule is CCOC(=O)NCc1ccc(OC)c(C)c1C. The molecule has 0 atom stereocenters. The molecule has 0 heterocycles. The number of carbonyl (C=O) groups is 1. The monoisotopic (exact) mass is 237 g/mol. The van der Waals surface area contributed by atoms with Crippen LogP contribution < -0.4 is 10.1 Å². The molecule has 0 radical (unpaired) electrons. The Hall–Kier alpha value is -1.71. The molecule has 17 heavy (non-hydrogen) atoms. The van der Waals surface area contributed by atoms with Gasteiger partial charge >= 0.3 is 6.09 Å². The molecule has 0 saturated carbocycles. The van der Waals surface area contributed by atoms with E-state index in [1.807, 2.05) is 26.0 Å². The molecule has 0 aliphatic heterocycles. The van der Waals surface area contributed by atoms with Crippen molar-refractivity contribution in [2.24, 2.45) is 0 Å². The third-order valence-electron chi connectivity index (χ3n) is 2.77. The van der Waals surface area contributed by atoms with Gasteiger partial charge in [-0.2, -0.15) is 0 Å². The Morgan fingerprint density at radius 1 is 1.29 bits per heavy atom. The minimum absolute atomic E-state index is 0.381. The van der Waals surface area contributed by atoms with Crippen LogP contribution in [0.4, 0.5) is 4.79 Å². The fraction of sp³-hybridized carbons (Fsp3) is 0.462. The lowest BCUT2D eigenvalue weighted by Crippen LogP contribution is -2.24. The van der Waals surface area contributed by atoms with Crippen LogP contribution in [-0.4, -0.2) is 19.8 Å². The van der Waals surface area contributed by atoms with E-state index in [-0.39, 0.29) is 6.09 Å². The molecule has 0 fully saturated rings. The minimum Gasteiger partial charge on any atom is -0.496 e. The molecule has 1 amide bonds. The van der Waals surface area contributed by atoms with Crippen molar-refractivity contribution < 1.29 is 14.3 Å². The van der Waals surface area contributed by atoms with E-state index in [1.54, 1.807) is 14.0 Å². The molecule has 0 bridgehead atoms. The molecule has 94 valence electrons. The van der Waals surface area contributed by atoms with Gasteiger partial charge < -0.3 is 14.8 Å². The molecule has 1 aromatic carbocycles. The zero-order valence-electron chi connectivity index (χ0n) is 10.8. The zero-order valence-corrected chi connectivity index (χ0v) is 10.8. The summed E-state index contributed by atoms with van der Waals surface area (Å²) in [5.74, 6) is 0.863. The molecule has 0 aromatic heterocycles. The summed E-state index contributed by atoms with van der Waals surface area (Å²) in [5, 5.41) is 2.70. The van der Waals surface area contributed by atoms with Gasteiger partial charge in [0.15, 0.2) is 0 Å². The van der Waals surface area contributed by atoms with Crippen LogP contribution in [0.3, 0.4) is 0 Å². The van der Waals surface area contributed by atoms with Gasteiger partial charge in [-0.05, 0) is 43.5 Å². The van der Waals surface area contributed by atoms with E-state index in [2.05, 4.69) is 5.32 Å². The van der Waals surface area contributed by atoms with E-state index in [1.165, 1.54) is 0 Å². The number of rotatable bonds is 4. The second-order valence-corrected chi connectivity index (χ2v) is 3.75. The Balaban J connectivity index is 2.73. The fourth-order valence-corrected chi connectivity index (χ4v) is 1.61. The van der Waals surface area contributed by atoms with Crippen LogP contribution in [0.2, 0.25) is 0 Å². The first-order valence-electron chi connectivity index (χ1n) is 5.63. The van der Waals surface area contributed by atoms with Crippen molar-refractivity contribution in [3.63, 3.8) is 0 Å². The number of carbonyl (C=O) groups excluding carboxylic acids is 1. The predicted molar refractivity (Wildman–Crippen MR) is 66.3 cm³/mol. The molecule has 1 aromatic rings. The summed E-state index contributed by atoms with van der Waals surface area (Å²) in [6.07, 6.45) is -0.389. The summed E-state index contributed by atoms with van der Waals surface area (Å²) in [7, 11) is 1.65. The first-order chi connectivity index (χ1) is 8.10. The number of benzene rings is 1. The summed E-state index contributed by atoms with van der Waals surface area (Å²) in [5.41, 5.74) is 3.29. The van der Waals surface area contributed by atoms with Crippen LogP contribution >= 0.6 is 0 Å². The highest BCUT2D eigenvalue weighted by Crippen LogP contribution is 2.23. The highest BCUT2D eigenvalue weighted by atomic mass is 16.5. The molecule has 4 nitrogen and oxygen atoms in total. The second-order valence-electron chi connectivity index (χ2n) is 3.75. The molecule has 1 rings (SSSR count). The summed E-state index contributed by atoms with van der Waals surface area (Å²) in [4.78, 5) is 11.2. The summed E-state index contributed by atoms with van der Waals surface area (Å²) >= 11 is 0. The van der Waals surface area contributed by atoms with E-state index in [9.17, 15) is 4.79 Å². The second kappa shape index (κ2) is 6.13. The van der Waals surface area contributed by atoms with Gasteiger partial charge in [0.25, 0.3) is 0 Å². The van der Waals surface area contributed by atoms with Crippen molar-refractivity contribution in [1.82, 2.24) is 5.32 Å². The van der Waals surface area contributed by atoms with Crippen molar-refractivity contribution in [3.8, 4) is 5.75 Å². The Kier molecular flexibility index (Phi) is 4.82. The van der Waals surface area contributed by atoms with Gasteiger partial charge in [0.05, 0.1) is 13.7 Å². The van der Waals surface area contributed by atoms with Gasteiger partial charge in [0, 0.05) is 6.54 Å². The molecular weight excluding hydrogens is 218 g/mol. The highest BCUT2D eigenvalue weighted by molar-refractivity contribution is 5.67. The fourth-order valence-electron chi connectivity index (χ4n) is 1.61. The number of methoxy groups -OCH3 is 1. The summed E-state index contributed by atoms with van der Waals surface area (Å²) in [6.45, 7) is 6.65. The molecule has 0 aliphatic rings. The van der Waals surface area contributed by atoms with E-state index in [4.69, 9.17) is 9.47 Å². The third-order valence-corrected chi connectivity index (χ3v) is 2.77. The van der Waals surface area contributed by atoms with Crippen molar-refractivity contribution in [2.75, 3.05) is 13.7 Å². The van der Waals surface area contributed by atoms with E-state index in [0.717, 1.165) is 22.4 Å². The lowest BCUT2D eigenvalue weighted by molar-refractivity contribution is 0.151. The van der Waals surface area contributed by atoms with Crippen molar-refractivity contribution in [1.29, 1.82) is 0 Å². The van der Waals surface area contributed by atoms with Crippen LogP contribution in [0.25, 0.3) is 0 Å². The van der Waals surface area contributed by atoms with Crippen LogP contribution in [0.1, 0.15) is 23.6 Å². The molecular formula is C13H19NO3. The highest BCUT2D eigenvalue weighted by Gasteiger charge is 2.07. The molecule has 0 aliphatic carbocycles. The molecule has 0 spiro atoms. The van der Waals surface area contributed by atoms with Gasteiger partial charge in [-0.25, -0.2) is 4.79 Å². The standard InChI is InChI=1S/C13H19NO3/c1-5-17-13(15)14-8-11-6-7-12(16-4)10(3)9(11)2/h6-7H,5,8H2,1-4H3,(H,14,15). The van der Waals surface area contributed by atoms with Crippen LogP contribution in [0, 0.1) is 13.8 Å². The van der Waals surface area contributed by atoms with Crippen LogP contribution in [0.5, 0.6) is 5.75 Å². The van der Waals surface area contributed by atoms with Gasteiger partial charge in [-0.3, -0.25) is 0 Å². The van der Waals surface area contributed by atoms with Gasteiger partial charge in [0.2, 0.25) is 0 Å². The lowest BCUT2D eigenvalue weighted by Gasteiger charge is -2.13. The topological polar surface area (TPSA) is 47.6 Å². The first kappa shape index (κ1) is 13.4. The maximum Gasteiger partial charge on any atom is 0.407 e. The Bertz CT molecular complexity index is 402. The molecule has 0 saturated heterocycles. The smallest absolute Gasteiger partial charge is 0.407 e. The average molecular weight is 237 g/mol. The van der Waals surface area contributed by atoms with E-state index >= 15 is 0 Å². The normalized spacial score (nSPS) is 9.88. The number of alkyl carbamates (subject to hydrolysis) is 1. The Labute approximate surface area is 102 Å². The van der Waals surface area contributed by atoms with Crippen molar-refractivity contribution in [3.05, 3.63) is 28.8 Å². The van der Waals surface area contributed by atoms with Crippen LogP contribution in [-0.2, 0) is 11.3 Å². The first-order valence-corrected chi connectivity index (χ1v) is 5.63. The molecule has 4 heteroatoms. The third kappa shape index (κ3) is 3.37. The Morgan fingerprint density at radius 3 is 2.59 bits per heavy atom. The average Bonchev–Trinajstić information content (AvgIpc) is 2.31. The van der Waals surface area contributed by atoms with Crippen molar-refractivity contribution in [2.45, 2.75) is 27.3 Å². The summed E-state index contributed by atoms with van der Waals surface area (Å²) in [6, 6.07) is 3.86. The van der Waals surface area contributed by atoms with Gasteiger partial charge in [-0.15, -0.1) is 0 Å². The Morgan fingerprint density at radius 2 is 2.00 bits per heavy atom.